The first-order valence-electron chi connectivity index (χ1n) is 6.26. The topological polar surface area (TPSA) is 29.5 Å². The predicted molar refractivity (Wildman–Crippen MR) is 95.1 cm³/mol. The van der Waals surface area contributed by atoms with E-state index in [1.807, 2.05) is 48.5 Å². The van der Waals surface area contributed by atoms with Crippen LogP contribution < -0.4 is 0 Å². The van der Waals surface area contributed by atoms with Crippen molar-refractivity contribution in [1.82, 2.24) is 0 Å². The largest absolute Gasteiger partial charge is 0.499 e. The van der Waals surface area contributed by atoms with E-state index in [1.54, 1.807) is 18.2 Å². The van der Waals surface area contributed by atoms with E-state index in [0.29, 0.717) is 17.2 Å². The van der Waals surface area contributed by atoms with E-state index < -0.39 is 0 Å². The minimum absolute atomic E-state index is 0.0457. The molecule has 0 aromatic heterocycles. The van der Waals surface area contributed by atoms with E-state index in [4.69, 9.17) is 22.1 Å². The summed E-state index contributed by atoms with van der Waals surface area (Å²) in [4.78, 5) is 0. The Morgan fingerprint density at radius 3 is 1.81 bits per heavy atom. The van der Waals surface area contributed by atoms with Gasteiger partial charge in [-0.15, -0.1) is 0 Å². The molecular formula is C17H16O2S2. The van der Waals surface area contributed by atoms with Gasteiger partial charge in [-0.05, 0) is 24.4 Å². The molecule has 0 spiro atoms. The summed E-state index contributed by atoms with van der Waals surface area (Å²) in [7, 11) is 0. The molecule has 2 aromatic carbocycles. The maximum atomic E-state index is 8.76. The van der Waals surface area contributed by atoms with Crippen molar-refractivity contribution >= 4 is 34.5 Å². The first-order valence-corrected chi connectivity index (χ1v) is 7.08. The zero-order valence-corrected chi connectivity index (χ0v) is 13.1. The van der Waals surface area contributed by atoms with Gasteiger partial charge in [-0.25, -0.2) is 0 Å². The smallest absolute Gasteiger partial charge is 0.191 e. The van der Waals surface area contributed by atoms with Crippen molar-refractivity contribution in [2.45, 2.75) is 0 Å². The zero-order chi connectivity index (χ0) is 15.5. The first-order chi connectivity index (χ1) is 10.1. The van der Waals surface area contributed by atoms with Gasteiger partial charge in [-0.2, -0.15) is 0 Å². The highest BCUT2D eigenvalue weighted by molar-refractivity contribution is 7.80. The van der Waals surface area contributed by atoms with E-state index in [1.165, 1.54) is 0 Å². The number of aliphatic hydroxyl groups excluding tert-OH is 1. The predicted octanol–water partition coefficient (Wildman–Crippen LogP) is 4.48. The highest BCUT2D eigenvalue weighted by Gasteiger charge is 1.98. The minimum Gasteiger partial charge on any atom is -0.499 e. The van der Waals surface area contributed by atoms with Crippen LogP contribution in [-0.2, 0) is 4.74 Å². The molecule has 0 aliphatic carbocycles. The van der Waals surface area contributed by atoms with Crippen LogP contribution in [0.25, 0.3) is 0 Å². The van der Waals surface area contributed by atoms with Gasteiger partial charge in [0, 0.05) is 11.1 Å². The van der Waals surface area contributed by atoms with Crippen LogP contribution in [0.1, 0.15) is 11.1 Å². The fourth-order valence-corrected chi connectivity index (χ4v) is 1.71. The highest BCUT2D eigenvalue weighted by atomic mass is 32.1. The molecule has 2 nitrogen and oxygen atoms in total. The SMILES string of the molecule is C=CCOC(=S)c1ccccc1.OC(=S)c1ccccc1. The van der Waals surface area contributed by atoms with Crippen LogP contribution >= 0.6 is 24.4 Å². The molecule has 0 amide bonds. The summed E-state index contributed by atoms with van der Waals surface area (Å²) in [6, 6.07) is 18.7. The number of ether oxygens (including phenoxy) is 1. The Morgan fingerprint density at radius 2 is 1.43 bits per heavy atom. The second kappa shape index (κ2) is 9.80. The van der Waals surface area contributed by atoms with E-state index in [0.717, 1.165) is 5.56 Å². The van der Waals surface area contributed by atoms with Crippen LogP contribution in [0.15, 0.2) is 73.3 Å². The minimum atomic E-state index is -0.0457. The van der Waals surface area contributed by atoms with Crippen molar-refractivity contribution in [3.63, 3.8) is 0 Å². The average molecular weight is 316 g/mol. The molecule has 108 valence electrons. The van der Waals surface area contributed by atoms with Crippen LogP contribution in [-0.4, -0.2) is 21.8 Å². The third kappa shape index (κ3) is 6.79. The van der Waals surface area contributed by atoms with Crippen LogP contribution in [0, 0.1) is 0 Å². The molecule has 0 bridgehead atoms. The van der Waals surface area contributed by atoms with Crippen LogP contribution in [0.3, 0.4) is 0 Å². The normalized spacial score (nSPS) is 8.95. The van der Waals surface area contributed by atoms with Crippen molar-refractivity contribution < 1.29 is 9.84 Å². The monoisotopic (exact) mass is 316 g/mol. The Kier molecular flexibility index (Phi) is 7.94. The van der Waals surface area contributed by atoms with Gasteiger partial charge in [-0.1, -0.05) is 73.3 Å². The molecule has 1 N–H and O–H groups in total. The summed E-state index contributed by atoms with van der Waals surface area (Å²) in [6.07, 6.45) is 1.68. The summed E-state index contributed by atoms with van der Waals surface area (Å²) in [5.41, 5.74) is 1.64. The summed E-state index contributed by atoms with van der Waals surface area (Å²) >= 11 is 9.53. The summed E-state index contributed by atoms with van der Waals surface area (Å²) in [6.45, 7) is 4.01. The molecule has 0 saturated carbocycles. The van der Waals surface area contributed by atoms with E-state index in [9.17, 15) is 0 Å². The Bertz CT molecular complexity index is 580. The van der Waals surface area contributed by atoms with Crippen molar-refractivity contribution in [2.24, 2.45) is 0 Å². The van der Waals surface area contributed by atoms with Crippen LogP contribution in [0.5, 0.6) is 0 Å². The standard InChI is InChI=1S/C10H10OS.C7H6OS/c1-2-8-11-10(12)9-6-4-3-5-7-9;8-7(9)6-4-2-1-3-5-6/h2-7H,1,8H2;1-5H,(H,8,9). The van der Waals surface area contributed by atoms with Gasteiger partial charge in [0.25, 0.3) is 0 Å². The molecule has 21 heavy (non-hydrogen) atoms. The fraction of sp³-hybridized carbons (Fsp3) is 0.0588. The second-order valence-electron chi connectivity index (χ2n) is 3.92. The molecule has 0 saturated heterocycles. The maximum Gasteiger partial charge on any atom is 0.191 e. The van der Waals surface area contributed by atoms with Crippen molar-refractivity contribution in [3.8, 4) is 0 Å². The highest BCUT2D eigenvalue weighted by Crippen LogP contribution is 2.02. The van der Waals surface area contributed by atoms with Gasteiger partial charge < -0.3 is 9.84 Å². The maximum absolute atomic E-state index is 8.76. The molecule has 4 heteroatoms. The third-order valence-corrected chi connectivity index (χ3v) is 2.95. The number of aliphatic hydroxyl groups is 1. The van der Waals surface area contributed by atoms with E-state index in [2.05, 4.69) is 18.8 Å². The molecule has 0 aliphatic rings. The Morgan fingerprint density at radius 1 is 0.952 bits per heavy atom. The first kappa shape index (κ1) is 17.0. The molecule has 0 fully saturated rings. The van der Waals surface area contributed by atoms with Crippen LogP contribution in [0.2, 0.25) is 0 Å². The lowest BCUT2D eigenvalue weighted by Gasteiger charge is -2.03. The number of hydrogen-bond donors (Lipinski definition) is 1. The quantitative estimate of drug-likeness (QED) is 0.665. The molecule has 0 unspecified atom stereocenters. The molecule has 0 atom stereocenters. The van der Waals surface area contributed by atoms with Crippen molar-refractivity contribution in [2.75, 3.05) is 6.61 Å². The van der Waals surface area contributed by atoms with Gasteiger partial charge in [-0.3, -0.25) is 0 Å². The summed E-state index contributed by atoms with van der Waals surface area (Å²) in [5.74, 6) is 0. The van der Waals surface area contributed by atoms with Gasteiger partial charge in [0.1, 0.15) is 6.61 Å². The molecular weight excluding hydrogens is 300 g/mol. The molecule has 2 rings (SSSR count). The lowest BCUT2D eigenvalue weighted by molar-refractivity contribution is 0.361. The van der Waals surface area contributed by atoms with E-state index >= 15 is 0 Å². The number of benzene rings is 2. The lowest BCUT2D eigenvalue weighted by Crippen LogP contribution is -2.02. The fourth-order valence-electron chi connectivity index (χ4n) is 1.37. The molecule has 0 heterocycles. The van der Waals surface area contributed by atoms with Gasteiger partial charge in [0.05, 0.1) is 0 Å². The van der Waals surface area contributed by atoms with Gasteiger partial charge in [0.15, 0.2) is 10.1 Å². The van der Waals surface area contributed by atoms with Crippen molar-refractivity contribution in [1.29, 1.82) is 0 Å². The summed E-state index contributed by atoms with van der Waals surface area (Å²) < 4.78 is 5.19. The molecule has 0 radical (unpaired) electrons. The average Bonchev–Trinajstić information content (AvgIpc) is 2.55. The lowest BCUT2D eigenvalue weighted by atomic mass is 10.2. The number of thiocarbonyl (C=S) groups is 2. The van der Waals surface area contributed by atoms with Crippen LogP contribution in [0.4, 0.5) is 0 Å². The summed E-state index contributed by atoms with van der Waals surface area (Å²) in [5, 5.41) is 9.23. The van der Waals surface area contributed by atoms with E-state index in [-0.39, 0.29) is 5.05 Å². The third-order valence-electron chi connectivity index (χ3n) is 2.36. The number of rotatable bonds is 4. The number of hydrogen-bond acceptors (Lipinski definition) is 3. The molecule has 2 aromatic rings. The molecule has 0 aliphatic heterocycles. The Labute approximate surface area is 135 Å². The van der Waals surface area contributed by atoms with Gasteiger partial charge >= 0.3 is 0 Å². The van der Waals surface area contributed by atoms with Crippen molar-refractivity contribution in [3.05, 3.63) is 84.4 Å². The Balaban J connectivity index is 0.000000219. The second-order valence-corrected chi connectivity index (χ2v) is 4.68. The zero-order valence-electron chi connectivity index (χ0n) is 11.4. The van der Waals surface area contributed by atoms with Gasteiger partial charge in [0.2, 0.25) is 0 Å². The Hall–Kier alpha value is -2.04.